The van der Waals surface area contributed by atoms with Crippen LogP contribution in [0.15, 0.2) is 82.5 Å². The van der Waals surface area contributed by atoms with E-state index in [1.165, 1.54) is 6.20 Å². The number of hydrogen-bond donors (Lipinski definition) is 2. The van der Waals surface area contributed by atoms with Crippen molar-refractivity contribution in [3.05, 3.63) is 89.7 Å². The lowest BCUT2D eigenvalue weighted by molar-refractivity contribution is -0.137. The first-order chi connectivity index (χ1) is 20.4. The first-order valence-electron chi connectivity index (χ1n) is 13.5. The molecule has 4 heterocycles. The highest BCUT2D eigenvalue weighted by molar-refractivity contribution is 6.19. The minimum atomic E-state index is -4.56. The predicted molar refractivity (Wildman–Crippen MR) is 154 cm³/mol. The second-order valence-electron chi connectivity index (χ2n) is 9.14. The zero-order valence-corrected chi connectivity index (χ0v) is 23.0. The summed E-state index contributed by atoms with van der Waals surface area (Å²) in [6, 6.07) is 17.8. The van der Waals surface area contributed by atoms with Gasteiger partial charge in [-0.1, -0.05) is 62.4 Å². The first-order valence-corrected chi connectivity index (χ1v) is 13.5. The molecule has 2 aromatic heterocycles. The van der Waals surface area contributed by atoms with Crippen LogP contribution in [0.3, 0.4) is 0 Å². The molecule has 1 atom stereocenters. The van der Waals surface area contributed by atoms with Crippen molar-refractivity contribution in [1.82, 2.24) is 9.97 Å². The Bertz CT molecular complexity index is 1570. The molecular weight excluding hydrogens is 549 g/mol. The van der Waals surface area contributed by atoms with Gasteiger partial charge >= 0.3 is 6.18 Å². The van der Waals surface area contributed by atoms with E-state index >= 15 is 0 Å². The van der Waals surface area contributed by atoms with Crippen molar-refractivity contribution in [1.29, 1.82) is 0 Å². The van der Waals surface area contributed by atoms with Crippen molar-refractivity contribution in [3.63, 3.8) is 0 Å². The van der Waals surface area contributed by atoms with Crippen LogP contribution >= 0.6 is 0 Å². The molecule has 42 heavy (non-hydrogen) atoms. The van der Waals surface area contributed by atoms with Gasteiger partial charge in [0.2, 0.25) is 6.17 Å². The molecule has 0 spiro atoms. The number of para-hydroxylation sites is 1. The summed E-state index contributed by atoms with van der Waals surface area (Å²) in [7, 11) is 0. The number of aliphatic imine (C=N–C) groups is 1. The number of rotatable bonds is 5. The number of carbonyl (C=O) groups is 1. The summed E-state index contributed by atoms with van der Waals surface area (Å²) in [5.41, 5.74) is 2.36. The van der Waals surface area contributed by atoms with E-state index in [1.807, 2.05) is 62.4 Å². The predicted octanol–water partition coefficient (Wildman–Crippen LogP) is 5.85. The molecule has 0 radical (unpaired) electrons. The minimum Gasteiger partial charge on any atom is -0.422 e. The number of halogens is 3. The van der Waals surface area contributed by atoms with Gasteiger partial charge in [0.1, 0.15) is 5.69 Å². The van der Waals surface area contributed by atoms with Gasteiger partial charge in [0.05, 0.1) is 42.1 Å². The maximum Gasteiger partial charge on any atom is 0.417 e. The van der Waals surface area contributed by atoms with Crippen molar-refractivity contribution in [2.75, 3.05) is 41.8 Å². The number of nitrogens with one attached hydrogen (secondary N) is 2. The average molecular weight is 579 g/mol. The number of anilines is 3. The summed E-state index contributed by atoms with van der Waals surface area (Å²) in [6.07, 6.45) is -3.54. The summed E-state index contributed by atoms with van der Waals surface area (Å²) < 4.78 is 51.7. The molecule has 1 saturated heterocycles. The van der Waals surface area contributed by atoms with E-state index in [4.69, 9.17) is 14.1 Å². The fraction of sp³-hybridized carbons (Fsp3) is 0.267. The van der Waals surface area contributed by atoms with Crippen LogP contribution in [-0.2, 0) is 15.7 Å². The largest absolute Gasteiger partial charge is 0.422 e. The third-order valence-electron chi connectivity index (χ3n) is 6.54. The average Bonchev–Trinajstić information content (AvgIpc) is 3.43. The van der Waals surface area contributed by atoms with E-state index in [0.29, 0.717) is 37.7 Å². The zero-order valence-electron chi connectivity index (χ0n) is 23.0. The summed E-state index contributed by atoms with van der Waals surface area (Å²) in [6.45, 7) is 5.55. The number of carbonyl (C=O) groups excluding carboxylic acids is 1. The number of benzene rings is 2. The van der Waals surface area contributed by atoms with Crippen LogP contribution in [0.4, 0.5) is 30.6 Å². The molecule has 2 aliphatic rings. The summed E-state index contributed by atoms with van der Waals surface area (Å²) in [4.78, 5) is 27.9. The second-order valence-corrected chi connectivity index (χ2v) is 9.14. The van der Waals surface area contributed by atoms with Gasteiger partial charge in [-0.05, 0) is 12.1 Å². The molecule has 4 aromatic rings. The Hall–Kier alpha value is -4.71. The summed E-state index contributed by atoms with van der Waals surface area (Å²) >= 11 is 0. The zero-order chi connectivity index (χ0) is 29.7. The molecule has 1 unspecified atom stereocenters. The number of benzodiazepines with no additional fused rings is 1. The van der Waals surface area contributed by atoms with E-state index in [0.717, 1.165) is 23.4 Å². The number of ether oxygens (including phenoxy) is 1. The van der Waals surface area contributed by atoms with Crippen LogP contribution < -0.4 is 15.5 Å². The van der Waals surface area contributed by atoms with Crippen LogP contribution in [0, 0.1) is 0 Å². The van der Waals surface area contributed by atoms with Crippen LogP contribution in [0.25, 0.3) is 11.5 Å². The normalized spacial score (nSPS) is 16.8. The Labute approximate surface area is 240 Å². The molecule has 0 bridgehead atoms. The van der Waals surface area contributed by atoms with Gasteiger partial charge in [0.15, 0.2) is 5.76 Å². The smallest absolute Gasteiger partial charge is 0.417 e. The lowest BCUT2D eigenvalue weighted by Crippen LogP contribution is -2.36. The number of fused-ring (bicyclic) bond motifs is 1. The fourth-order valence-corrected chi connectivity index (χ4v) is 4.59. The quantitative estimate of drug-likeness (QED) is 0.306. The van der Waals surface area contributed by atoms with Gasteiger partial charge in [-0.15, -0.1) is 0 Å². The molecule has 2 aliphatic heterocycles. The molecule has 0 saturated carbocycles. The topological polar surface area (TPSA) is 105 Å². The number of alkyl halides is 3. The van der Waals surface area contributed by atoms with Gasteiger partial charge in [-0.25, -0.2) is 9.98 Å². The third kappa shape index (κ3) is 6.13. The maximum absolute atomic E-state index is 13.5. The Morgan fingerprint density at radius 1 is 0.976 bits per heavy atom. The van der Waals surface area contributed by atoms with Gasteiger partial charge in [-0.3, -0.25) is 9.78 Å². The van der Waals surface area contributed by atoms with Crippen molar-refractivity contribution < 1.29 is 27.1 Å². The molecule has 0 aliphatic carbocycles. The van der Waals surface area contributed by atoms with Crippen LogP contribution in [-0.4, -0.2) is 54.1 Å². The van der Waals surface area contributed by atoms with Crippen LogP contribution in [0.1, 0.15) is 30.5 Å². The van der Waals surface area contributed by atoms with Gasteiger partial charge in [-0.2, -0.15) is 13.2 Å². The van der Waals surface area contributed by atoms with Crippen LogP contribution in [0.2, 0.25) is 0 Å². The molecule has 2 aromatic carbocycles. The Balaban J connectivity index is 0.00000173. The van der Waals surface area contributed by atoms with E-state index in [2.05, 4.69) is 20.6 Å². The minimum absolute atomic E-state index is 0.0353. The third-order valence-corrected chi connectivity index (χ3v) is 6.54. The Morgan fingerprint density at radius 3 is 2.43 bits per heavy atom. The SMILES string of the molecule is CC.O=C1Nc2ccccc2C(c2ccccc2)=NC1Nc1ncc(-c2ncc(C(F)(F)F)cc2N2CCOCC2)o1. The van der Waals surface area contributed by atoms with E-state index in [9.17, 15) is 18.0 Å². The highest BCUT2D eigenvalue weighted by Gasteiger charge is 2.33. The fourth-order valence-electron chi connectivity index (χ4n) is 4.59. The summed E-state index contributed by atoms with van der Waals surface area (Å²) in [5, 5.41) is 5.79. The van der Waals surface area contributed by atoms with Crippen molar-refractivity contribution in [2.45, 2.75) is 26.2 Å². The molecule has 1 fully saturated rings. The highest BCUT2D eigenvalue weighted by atomic mass is 19.4. The van der Waals surface area contributed by atoms with Crippen molar-refractivity contribution in [2.24, 2.45) is 4.99 Å². The van der Waals surface area contributed by atoms with Gasteiger partial charge in [0, 0.05) is 30.4 Å². The lowest BCUT2D eigenvalue weighted by atomic mass is 10.0. The van der Waals surface area contributed by atoms with Crippen LogP contribution in [0.5, 0.6) is 0 Å². The molecule has 1 amide bonds. The Morgan fingerprint density at radius 2 is 1.69 bits per heavy atom. The van der Waals surface area contributed by atoms with Crippen molar-refractivity contribution >= 4 is 29.0 Å². The summed E-state index contributed by atoms with van der Waals surface area (Å²) in [5.74, 6) is -0.290. The first kappa shape index (κ1) is 28.8. The van der Waals surface area contributed by atoms with E-state index in [1.54, 1.807) is 11.0 Å². The number of aromatic nitrogens is 2. The molecular formula is C30H29F3N6O3. The number of oxazole rings is 1. The number of pyridine rings is 1. The van der Waals surface area contributed by atoms with E-state index < -0.39 is 23.8 Å². The van der Waals surface area contributed by atoms with Gasteiger partial charge < -0.3 is 24.7 Å². The monoisotopic (exact) mass is 578 g/mol. The molecule has 12 heteroatoms. The molecule has 2 N–H and O–H groups in total. The number of amides is 1. The Kier molecular flexibility index (Phi) is 8.53. The van der Waals surface area contributed by atoms with E-state index in [-0.39, 0.29) is 23.2 Å². The number of hydrogen-bond acceptors (Lipinski definition) is 8. The number of morpholine rings is 1. The highest BCUT2D eigenvalue weighted by Crippen LogP contribution is 2.37. The standard InChI is InChI=1S/C28H23F3N6O3.C2H6/c29-28(30,31)18-14-21(37-10-12-39-13-11-37)24(32-15-18)22-16-33-27(40-22)36-25-26(38)34-20-9-5-4-8-19(20)23(35-25)17-6-2-1-3-7-17;1-2/h1-9,14-16,25H,10-13H2,(H,33,36)(H,34,38);1-2H3. The lowest BCUT2D eigenvalue weighted by Gasteiger charge is -2.30. The molecule has 218 valence electrons. The second kappa shape index (κ2) is 12.4. The number of nitrogens with zero attached hydrogens (tertiary/aromatic N) is 4. The van der Waals surface area contributed by atoms with Gasteiger partial charge in [0.25, 0.3) is 11.9 Å². The molecule has 6 rings (SSSR count). The van der Waals surface area contributed by atoms with Crippen molar-refractivity contribution in [3.8, 4) is 11.5 Å². The maximum atomic E-state index is 13.5. The molecule has 9 nitrogen and oxygen atoms in total.